The van der Waals surface area contributed by atoms with Gasteiger partial charge < -0.3 is 0 Å². The Balaban J connectivity index is 3.15. The van der Waals surface area contributed by atoms with Crippen LogP contribution in [-0.2, 0) is 5.11 Å². The molecule has 0 heterocycles. The highest BCUT2D eigenvalue weighted by Gasteiger charge is 2.08. The molecular weight excluding hydrogens is 170 g/mol. The zero-order valence-electron chi connectivity index (χ0n) is 5.28. The summed E-state index contributed by atoms with van der Waals surface area (Å²) in [6, 6.07) is 3.22. The van der Waals surface area contributed by atoms with E-state index in [1.54, 1.807) is 0 Å². The number of halogens is 1. The van der Waals surface area contributed by atoms with Crippen LogP contribution in [0.3, 0.4) is 0 Å². The predicted molar refractivity (Wildman–Crippen MR) is 38.2 cm³/mol. The summed E-state index contributed by atoms with van der Waals surface area (Å²) in [5.41, 5.74) is -0.172. The van der Waals surface area contributed by atoms with E-state index in [4.69, 9.17) is 11.6 Å². The molecule has 0 aliphatic rings. The lowest BCUT2D eigenvalue weighted by Crippen LogP contribution is -1.86. The van der Waals surface area contributed by atoms with Gasteiger partial charge in [-0.1, -0.05) is 11.6 Å². The van der Waals surface area contributed by atoms with Crippen molar-refractivity contribution in [3.05, 3.63) is 33.3 Å². The molecule has 0 saturated carbocycles. The van der Waals surface area contributed by atoms with Gasteiger partial charge in [-0.15, -0.1) is 0 Å². The molecule has 1 aromatic rings. The minimum atomic E-state index is -0.606. The van der Waals surface area contributed by atoms with Gasteiger partial charge in [0, 0.05) is 12.1 Å². The van der Waals surface area contributed by atoms with Crippen LogP contribution in [-0.4, -0.2) is 4.92 Å². The van der Waals surface area contributed by atoms with E-state index in [2.05, 4.69) is 0 Å². The van der Waals surface area contributed by atoms with E-state index >= 15 is 0 Å². The van der Waals surface area contributed by atoms with Crippen molar-refractivity contribution in [3.8, 4) is 5.75 Å². The Morgan fingerprint density at radius 1 is 1.45 bits per heavy atom. The summed E-state index contributed by atoms with van der Waals surface area (Å²) in [4.78, 5) is 9.50. The number of hydrogen-bond donors (Lipinski definition) is 0. The molecule has 1 radical (unpaired) electrons. The molecule has 0 saturated heterocycles. The molecule has 1 aromatic carbocycles. The van der Waals surface area contributed by atoms with Gasteiger partial charge in [-0.2, -0.15) is 0 Å². The molecule has 0 aromatic heterocycles. The average Bonchev–Trinajstić information content (AvgIpc) is 1.94. The van der Waals surface area contributed by atoms with Gasteiger partial charge in [-0.25, -0.2) is 0 Å². The van der Waals surface area contributed by atoms with Gasteiger partial charge in [0.2, 0.25) is 0 Å². The predicted octanol–water partition coefficient (Wildman–Crippen LogP) is 2.39. The van der Waals surface area contributed by atoms with E-state index in [0.29, 0.717) is 0 Å². The number of nitro groups is 1. The van der Waals surface area contributed by atoms with Gasteiger partial charge in [0.1, 0.15) is 0 Å². The van der Waals surface area contributed by atoms with Gasteiger partial charge in [0.25, 0.3) is 5.69 Å². The first-order chi connectivity index (χ1) is 5.11. The van der Waals surface area contributed by atoms with E-state index in [-0.39, 0.29) is 10.7 Å². The summed E-state index contributed by atoms with van der Waals surface area (Å²) >= 11 is 5.34. The van der Waals surface area contributed by atoms with E-state index < -0.39 is 10.7 Å². The molecular formula is C6H3ClNO3. The van der Waals surface area contributed by atoms with Crippen molar-refractivity contribution < 1.29 is 10.0 Å². The maximum Gasteiger partial charge on any atom is 0.271 e. The summed E-state index contributed by atoms with van der Waals surface area (Å²) in [6.07, 6.45) is 0. The maximum absolute atomic E-state index is 10.6. The Morgan fingerprint density at radius 2 is 2.09 bits per heavy atom. The molecule has 0 aliphatic heterocycles. The average molecular weight is 173 g/mol. The smallest absolute Gasteiger partial charge is 0.271 e. The zero-order chi connectivity index (χ0) is 8.43. The molecule has 4 nitrogen and oxygen atoms in total. The van der Waals surface area contributed by atoms with Crippen LogP contribution in [0, 0.1) is 10.1 Å². The van der Waals surface area contributed by atoms with Gasteiger partial charge in [-0.05, 0) is 6.07 Å². The number of hydrogen-bond acceptors (Lipinski definition) is 2. The quantitative estimate of drug-likeness (QED) is 0.482. The third kappa shape index (κ3) is 1.59. The Kier molecular flexibility index (Phi) is 1.96. The lowest BCUT2D eigenvalue weighted by molar-refractivity contribution is -0.384. The van der Waals surface area contributed by atoms with Gasteiger partial charge in [0.05, 0.1) is 9.95 Å². The third-order valence-corrected chi connectivity index (χ3v) is 1.42. The second-order valence-corrected chi connectivity index (χ2v) is 2.28. The largest absolute Gasteiger partial charge is 0.288 e. The first-order valence-corrected chi connectivity index (χ1v) is 3.10. The van der Waals surface area contributed by atoms with E-state index in [9.17, 15) is 15.2 Å². The molecule has 0 N–H and O–H groups in total. The Labute approximate surface area is 67.2 Å². The second kappa shape index (κ2) is 2.75. The summed E-state index contributed by atoms with van der Waals surface area (Å²) < 4.78 is 0. The molecule has 1 rings (SSSR count). The van der Waals surface area contributed by atoms with Gasteiger partial charge in [0.15, 0.2) is 5.75 Å². The Hall–Kier alpha value is -1.29. The Bertz CT molecular complexity index is 300. The first kappa shape index (κ1) is 7.81. The molecule has 57 valence electrons. The second-order valence-electron chi connectivity index (χ2n) is 1.87. The fourth-order valence-electron chi connectivity index (χ4n) is 0.603. The third-order valence-electron chi connectivity index (χ3n) is 1.13. The fraction of sp³-hybridized carbons (Fsp3) is 0. The molecule has 0 unspecified atom stereocenters. The molecule has 5 heteroatoms. The van der Waals surface area contributed by atoms with Crippen LogP contribution < -0.4 is 0 Å². The van der Waals surface area contributed by atoms with Crippen molar-refractivity contribution in [2.24, 2.45) is 0 Å². The first-order valence-electron chi connectivity index (χ1n) is 2.72. The zero-order valence-corrected chi connectivity index (χ0v) is 6.04. The van der Waals surface area contributed by atoms with Crippen LogP contribution >= 0.6 is 11.6 Å². The summed E-state index contributed by atoms with van der Waals surface area (Å²) in [7, 11) is 0. The van der Waals surface area contributed by atoms with Gasteiger partial charge in [-0.3, -0.25) is 15.2 Å². The summed E-state index contributed by atoms with van der Waals surface area (Å²) in [5, 5.41) is 20.6. The molecule has 0 spiro atoms. The van der Waals surface area contributed by atoms with Crippen molar-refractivity contribution in [1.82, 2.24) is 0 Å². The van der Waals surface area contributed by atoms with Crippen molar-refractivity contribution >= 4 is 17.3 Å². The highest BCUT2D eigenvalue weighted by atomic mass is 35.5. The van der Waals surface area contributed by atoms with Gasteiger partial charge >= 0.3 is 0 Å². The van der Waals surface area contributed by atoms with Crippen molar-refractivity contribution in [2.75, 3.05) is 0 Å². The molecule has 0 atom stereocenters. The molecule has 0 bridgehead atoms. The van der Waals surface area contributed by atoms with Crippen LogP contribution in [0.2, 0.25) is 5.02 Å². The molecule has 0 amide bonds. The number of benzene rings is 1. The topological polar surface area (TPSA) is 63.0 Å². The molecule has 0 fully saturated rings. The van der Waals surface area contributed by atoms with E-state index in [1.807, 2.05) is 0 Å². The number of rotatable bonds is 1. The summed E-state index contributed by atoms with van der Waals surface area (Å²) in [5.74, 6) is -0.405. The monoisotopic (exact) mass is 172 g/mol. The van der Waals surface area contributed by atoms with Crippen molar-refractivity contribution in [2.45, 2.75) is 0 Å². The Morgan fingerprint density at radius 3 is 2.55 bits per heavy atom. The maximum atomic E-state index is 10.6. The van der Waals surface area contributed by atoms with E-state index in [0.717, 1.165) is 18.2 Å². The molecule has 0 aliphatic carbocycles. The normalized spacial score (nSPS) is 9.55. The lowest BCUT2D eigenvalue weighted by Gasteiger charge is -1.91. The SMILES string of the molecule is [O]c1ccc([N+](=O)[O-])cc1Cl. The minimum absolute atomic E-state index is 0.126. The number of non-ortho nitro benzene ring substituents is 1. The van der Waals surface area contributed by atoms with Crippen molar-refractivity contribution in [1.29, 1.82) is 0 Å². The van der Waals surface area contributed by atoms with Crippen molar-refractivity contribution in [3.63, 3.8) is 0 Å². The molecule has 11 heavy (non-hydrogen) atoms. The number of nitrogens with zero attached hydrogens (tertiary/aromatic N) is 1. The minimum Gasteiger partial charge on any atom is -0.288 e. The lowest BCUT2D eigenvalue weighted by atomic mass is 10.3. The van der Waals surface area contributed by atoms with Crippen LogP contribution in [0.15, 0.2) is 18.2 Å². The van der Waals surface area contributed by atoms with Crippen LogP contribution in [0.4, 0.5) is 5.69 Å². The van der Waals surface area contributed by atoms with Crippen LogP contribution in [0.25, 0.3) is 0 Å². The summed E-state index contributed by atoms with van der Waals surface area (Å²) in [6.45, 7) is 0. The highest BCUT2D eigenvalue weighted by Crippen LogP contribution is 2.27. The van der Waals surface area contributed by atoms with E-state index in [1.165, 1.54) is 0 Å². The standard InChI is InChI=1S/C6H3ClNO3/c7-5-3-4(8(10)11)1-2-6(5)9/h1-3H. The fourth-order valence-corrected chi connectivity index (χ4v) is 0.778. The van der Waals surface area contributed by atoms with Crippen LogP contribution in [0.5, 0.6) is 5.75 Å². The highest BCUT2D eigenvalue weighted by molar-refractivity contribution is 6.32. The van der Waals surface area contributed by atoms with Crippen LogP contribution in [0.1, 0.15) is 0 Å². The number of nitro benzene ring substituents is 1.